The van der Waals surface area contributed by atoms with E-state index in [0.29, 0.717) is 24.5 Å². The molecule has 2 atom stereocenters. The first kappa shape index (κ1) is 22.3. The third-order valence-electron chi connectivity index (χ3n) is 5.35. The van der Waals surface area contributed by atoms with E-state index >= 15 is 0 Å². The molecule has 2 heterocycles. The van der Waals surface area contributed by atoms with E-state index in [1.165, 1.54) is 0 Å². The van der Waals surface area contributed by atoms with Crippen LogP contribution in [0.5, 0.6) is 0 Å². The minimum absolute atomic E-state index is 0.0194. The molecule has 0 aliphatic carbocycles. The quantitative estimate of drug-likeness (QED) is 0.498. The van der Waals surface area contributed by atoms with Crippen molar-refractivity contribution < 1.29 is 13.9 Å². The van der Waals surface area contributed by atoms with E-state index in [9.17, 15) is 4.79 Å². The smallest absolute Gasteiger partial charge is 0.243 e. The van der Waals surface area contributed by atoms with Gasteiger partial charge in [0, 0.05) is 39.7 Å². The lowest BCUT2D eigenvalue weighted by Crippen LogP contribution is -2.49. The number of likely N-dealkylation sites (N-methyl/N-ethyl adjacent to an activating group) is 1. The lowest BCUT2D eigenvalue weighted by atomic mass is 9.89. The van der Waals surface area contributed by atoms with Gasteiger partial charge in [0.1, 0.15) is 12.3 Å². The zero-order chi connectivity index (χ0) is 20.4. The van der Waals surface area contributed by atoms with Crippen molar-refractivity contribution in [3.63, 3.8) is 0 Å². The molecule has 1 aromatic rings. The molecule has 1 amide bonds. The first-order valence-electron chi connectivity index (χ1n) is 10.4. The highest BCUT2D eigenvalue weighted by Gasteiger charge is 2.28. The average molecular weight is 393 g/mol. The van der Waals surface area contributed by atoms with Gasteiger partial charge >= 0.3 is 0 Å². The third kappa shape index (κ3) is 7.19. The molecule has 0 aromatic carbocycles. The third-order valence-corrected chi connectivity index (χ3v) is 5.35. The molecule has 2 unspecified atom stereocenters. The molecule has 0 radical (unpaired) electrons. The summed E-state index contributed by atoms with van der Waals surface area (Å²) in [4.78, 5) is 18.0. The SMILES string of the molecule is CCC(CC)C1CC(NC(=NCC(=O)N(C)C)NCCc2ccco2)CCO1. The summed E-state index contributed by atoms with van der Waals surface area (Å²) in [6.07, 6.45) is 6.90. The summed E-state index contributed by atoms with van der Waals surface area (Å²) < 4.78 is 11.4. The standard InChI is InChI=1S/C21H36N4O3/c1-5-16(6-2)19-14-17(10-13-28-19)24-21(23-15-20(26)25(3)4)22-11-9-18-8-7-12-27-18/h7-8,12,16-17,19H,5-6,9-11,13-15H2,1-4H3,(H2,22,23,24). The molecule has 1 fully saturated rings. The zero-order valence-electron chi connectivity index (χ0n) is 17.7. The van der Waals surface area contributed by atoms with E-state index in [0.717, 1.165) is 44.5 Å². The predicted octanol–water partition coefficient (Wildman–Crippen LogP) is 2.43. The monoisotopic (exact) mass is 392 g/mol. The van der Waals surface area contributed by atoms with Crippen LogP contribution in [0.1, 0.15) is 45.3 Å². The van der Waals surface area contributed by atoms with E-state index in [2.05, 4.69) is 29.5 Å². The Morgan fingerprint density at radius 1 is 1.36 bits per heavy atom. The van der Waals surface area contributed by atoms with Gasteiger partial charge in [-0.3, -0.25) is 4.79 Å². The van der Waals surface area contributed by atoms with Crippen LogP contribution in [0.15, 0.2) is 27.8 Å². The minimum atomic E-state index is -0.0194. The van der Waals surface area contributed by atoms with Crippen LogP contribution in [0.25, 0.3) is 0 Å². The molecule has 0 saturated carbocycles. The normalized spacial score (nSPS) is 20.2. The number of carbonyl (C=O) groups excluding carboxylic acids is 1. The Bertz CT molecular complexity index is 597. The first-order chi connectivity index (χ1) is 13.5. The molecule has 0 spiro atoms. The maximum Gasteiger partial charge on any atom is 0.243 e. The van der Waals surface area contributed by atoms with Gasteiger partial charge in [0.05, 0.1) is 12.4 Å². The van der Waals surface area contributed by atoms with E-state index in [1.807, 2.05) is 12.1 Å². The van der Waals surface area contributed by atoms with Gasteiger partial charge < -0.3 is 24.7 Å². The minimum Gasteiger partial charge on any atom is -0.469 e. The first-order valence-corrected chi connectivity index (χ1v) is 10.4. The second-order valence-corrected chi connectivity index (χ2v) is 7.56. The van der Waals surface area contributed by atoms with Crippen molar-refractivity contribution in [3.05, 3.63) is 24.2 Å². The molecule has 0 bridgehead atoms. The summed E-state index contributed by atoms with van der Waals surface area (Å²) >= 11 is 0. The van der Waals surface area contributed by atoms with E-state index < -0.39 is 0 Å². The molecule has 2 N–H and O–H groups in total. The molecule has 2 rings (SSSR count). The Kier molecular flexibility index (Phi) is 9.34. The van der Waals surface area contributed by atoms with Crippen molar-refractivity contribution >= 4 is 11.9 Å². The lowest BCUT2D eigenvalue weighted by molar-refractivity contribution is -0.127. The summed E-state index contributed by atoms with van der Waals surface area (Å²) in [5.41, 5.74) is 0. The number of amides is 1. The van der Waals surface area contributed by atoms with Gasteiger partial charge in [-0.25, -0.2) is 4.99 Å². The fourth-order valence-corrected chi connectivity index (χ4v) is 3.50. The second kappa shape index (κ2) is 11.7. The molecular weight excluding hydrogens is 356 g/mol. The molecule has 1 aromatic heterocycles. The van der Waals surface area contributed by atoms with Crippen LogP contribution >= 0.6 is 0 Å². The molecule has 1 aliphatic heterocycles. The van der Waals surface area contributed by atoms with Crippen molar-refractivity contribution in [1.82, 2.24) is 15.5 Å². The fourth-order valence-electron chi connectivity index (χ4n) is 3.50. The zero-order valence-corrected chi connectivity index (χ0v) is 17.7. The van der Waals surface area contributed by atoms with Crippen LogP contribution in [0.4, 0.5) is 0 Å². The van der Waals surface area contributed by atoms with E-state index in [4.69, 9.17) is 9.15 Å². The number of carbonyl (C=O) groups is 1. The number of nitrogens with zero attached hydrogens (tertiary/aromatic N) is 2. The summed E-state index contributed by atoms with van der Waals surface area (Å²) in [5, 5.41) is 6.86. The van der Waals surface area contributed by atoms with Crippen LogP contribution < -0.4 is 10.6 Å². The van der Waals surface area contributed by atoms with Crippen molar-refractivity contribution in [2.75, 3.05) is 33.8 Å². The van der Waals surface area contributed by atoms with Crippen molar-refractivity contribution in [2.24, 2.45) is 10.9 Å². The highest BCUT2D eigenvalue weighted by molar-refractivity contribution is 5.84. The van der Waals surface area contributed by atoms with Crippen molar-refractivity contribution in [1.29, 1.82) is 0 Å². The number of guanidine groups is 1. The molecule has 1 aliphatic rings. The Balaban J connectivity index is 1.94. The van der Waals surface area contributed by atoms with Crippen LogP contribution in [0.3, 0.4) is 0 Å². The van der Waals surface area contributed by atoms with E-state index in [1.54, 1.807) is 25.3 Å². The van der Waals surface area contributed by atoms with Gasteiger partial charge in [0.15, 0.2) is 5.96 Å². The fraction of sp³-hybridized carbons (Fsp3) is 0.714. The molecule has 7 nitrogen and oxygen atoms in total. The van der Waals surface area contributed by atoms with Crippen LogP contribution in [-0.4, -0.2) is 62.7 Å². The Labute approximate surface area is 168 Å². The molecular formula is C21H36N4O3. The Morgan fingerprint density at radius 2 is 2.14 bits per heavy atom. The lowest BCUT2D eigenvalue weighted by Gasteiger charge is -2.35. The average Bonchev–Trinajstić information content (AvgIpc) is 3.20. The Hall–Kier alpha value is -2.02. The van der Waals surface area contributed by atoms with Gasteiger partial charge in [0.25, 0.3) is 0 Å². The Morgan fingerprint density at radius 3 is 2.79 bits per heavy atom. The highest BCUT2D eigenvalue weighted by Crippen LogP contribution is 2.25. The van der Waals surface area contributed by atoms with Gasteiger partial charge in [-0.2, -0.15) is 0 Å². The maximum absolute atomic E-state index is 11.9. The van der Waals surface area contributed by atoms with Gasteiger partial charge in [0.2, 0.25) is 5.91 Å². The number of furan rings is 1. The number of aliphatic imine (C=N–C) groups is 1. The number of hydrogen-bond acceptors (Lipinski definition) is 4. The summed E-state index contributed by atoms with van der Waals surface area (Å²) in [6, 6.07) is 4.14. The van der Waals surface area contributed by atoms with Crippen molar-refractivity contribution in [3.8, 4) is 0 Å². The molecule has 158 valence electrons. The molecule has 7 heteroatoms. The highest BCUT2D eigenvalue weighted by atomic mass is 16.5. The predicted molar refractivity (Wildman–Crippen MR) is 111 cm³/mol. The maximum atomic E-state index is 11.9. The van der Waals surface area contributed by atoms with Crippen molar-refractivity contribution in [2.45, 2.75) is 58.1 Å². The summed E-state index contributed by atoms with van der Waals surface area (Å²) in [7, 11) is 3.49. The van der Waals surface area contributed by atoms with Crippen LogP contribution in [0, 0.1) is 5.92 Å². The number of rotatable bonds is 9. The number of nitrogens with one attached hydrogen (secondary N) is 2. The largest absolute Gasteiger partial charge is 0.469 e. The van der Waals surface area contributed by atoms with Gasteiger partial charge in [-0.1, -0.05) is 26.7 Å². The number of hydrogen-bond donors (Lipinski definition) is 2. The topological polar surface area (TPSA) is 79.1 Å². The van der Waals surface area contributed by atoms with Crippen LogP contribution in [0.2, 0.25) is 0 Å². The van der Waals surface area contributed by atoms with E-state index in [-0.39, 0.29) is 18.6 Å². The molecule has 1 saturated heterocycles. The van der Waals surface area contributed by atoms with Gasteiger partial charge in [-0.15, -0.1) is 0 Å². The summed E-state index contributed by atoms with van der Waals surface area (Å²) in [6.45, 7) is 6.03. The summed E-state index contributed by atoms with van der Waals surface area (Å²) in [5.74, 6) is 2.18. The van der Waals surface area contributed by atoms with Gasteiger partial charge in [-0.05, 0) is 30.9 Å². The molecule has 28 heavy (non-hydrogen) atoms. The van der Waals surface area contributed by atoms with Crippen LogP contribution in [-0.2, 0) is 16.0 Å². The number of ether oxygens (including phenoxy) is 1. The second-order valence-electron chi connectivity index (χ2n) is 7.56.